The van der Waals surface area contributed by atoms with Crippen molar-refractivity contribution < 1.29 is 0 Å². The van der Waals surface area contributed by atoms with Crippen molar-refractivity contribution in [2.75, 3.05) is 13.1 Å². The first kappa shape index (κ1) is 16.2. The van der Waals surface area contributed by atoms with Gasteiger partial charge in [0.25, 0.3) is 0 Å². The molecule has 0 bridgehead atoms. The summed E-state index contributed by atoms with van der Waals surface area (Å²) in [6.45, 7) is 3.04. The number of benzene rings is 2. The van der Waals surface area contributed by atoms with Crippen molar-refractivity contribution in [3.05, 3.63) is 76.8 Å². The molecule has 0 amide bonds. The third-order valence-corrected chi connectivity index (χ3v) is 5.05. The summed E-state index contributed by atoms with van der Waals surface area (Å²) in [4.78, 5) is 2.42. The summed E-state index contributed by atoms with van der Waals surface area (Å²) in [5.41, 5.74) is 2.32. The predicted molar refractivity (Wildman–Crippen MR) is 102 cm³/mol. The van der Waals surface area contributed by atoms with Crippen LogP contribution in [0.2, 0.25) is 0 Å². The van der Waals surface area contributed by atoms with Gasteiger partial charge in [-0.1, -0.05) is 48.5 Å². The van der Waals surface area contributed by atoms with E-state index < -0.39 is 0 Å². The molecule has 2 heterocycles. The van der Waals surface area contributed by atoms with Gasteiger partial charge in [-0.15, -0.1) is 0 Å². The first-order valence-electron chi connectivity index (χ1n) is 8.82. The van der Waals surface area contributed by atoms with Gasteiger partial charge in [-0.05, 0) is 55.8 Å². The van der Waals surface area contributed by atoms with Crippen molar-refractivity contribution in [2.45, 2.75) is 25.9 Å². The smallest absolute Gasteiger partial charge is 0.203 e. The van der Waals surface area contributed by atoms with Crippen LogP contribution < -0.4 is 0 Å². The zero-order valence-electron chi connectivity index (χ0n) is 14.2. The van der Waals surface area contributed by atoms with Gasteiger partial charge in [-0.25, -0.2) is 4.68 Å². The Morgan fingerprint density at radius 3 is 2.20 bits per heavy atom. The lowest BCUT2D eigenvalue weighted by molar-refractivity contribution is 0.252. The first-order chi connectivity index (χ1) is 12.3. The standard InChI is InChI=1S/C20H22N4S/c25-20-23(16-22-13-7-8-14-22)21-19(15-17-9-3-1-4-10-17)24(20)18-11-5-2-6-12-18/h1-6,9-12H,7-8,13-16H2. The van der Waals surface area contributed by atoms with Gasteiger partial charge in [0.15, 0.2) is 0 Å². The van der Waals surface area contributed by atoms with Gasteiger partial charge >= 0.3 is 0 Å². The molecule has 4 rings (SSSR count). The lowest BCUT2D eigenvalue weighted by Crippen LogP contribution is -2.23. The average Bonchev–Trinajstić information content (AvgIpc) is 3.26. The minimum absolute atomic E-state index is 0.768. The van der Waals surface area contributed by atoms with Gasteiger partial charge in [0.1, 0.15) is 5.82 Å². The van der Waals surface area contributed by atoms with Crippen LogP contribution in [0, 0.1) is 4.77 Å². The number of aromatic nitrogens is 3. The molecule has 0 radical (unpaired) electrons. The molecule has 3 aromatic rings. The Bertz CT molecular complexity index is 877. The number of likely N-dealkylation sites (tertiary alicyclic amines) is 1. The zero-order valence-corrected chi connectivity index (χ0v) is 15.0. The second kappa shape index (κ2) is 7.33. The summed E-state index contributed by atoms with van der Waals surface area (Å²) < 4.78 is 4.86. The van der Waals surface area contributed by atoms with Crippen molar-refractivity contribution in [1.82, 2.24) is 19.2 Å². The molecule has 0 atom stereocenters. The van der Waals surface area contributed by atoms with E-state index in [0.717, 1.165) is 42.5 Å². The molecular formula is C20H22N4S. The molecule has 4 nitrogen and oxygen atoms in total. The van der Waals surface area contributed by atoms with E-state index in [1.165, 1.54) is 18.4 Å². The van der Waals surface area contributed by atoms with Gasteiger partial charge in [-0.2, -0.15) is 5.10 Å². The van der Waals surface area contributed by atoms with Gasteiger partial charge in [0.05, 0.1) is 6.67 Å². The molecule has 1 fully saturated rings. The average molecular weight is 350 g/mol. The highest BCUT2D eigenvalue weighted by Crippen LogP contribution is 2.17. The van der Waals surface area contributed by atoms with Crippen LogP contribution in [0.1, 0.15) is 24.2 Å². The molecular weight excluding hydrogens is 328 g/mol. The van der Waals surface area contributed by atoms with Crippen molar-refractivity contribution >= 4 is 12.2 Å². The minimum atomic E-state index is 0.768. The van der Waals surface area contributed by atoms with Crippen LogP contribution in [0.5, 0.6) is 0 Å². The van der Waals surface area contributed by atoms with Crippen LogP contribution in [-0.4, -0.2) is 32.3 Å². The van der Waals surface area contributed by atoms with E-state index in [4.69, 9.17) is 17.3 Å². The maximum Gasteiger partial charge on any atom is 0.203 e. The predicted octanol–water partition coefficient (Wildman–Crippen LogP) is 4.05. The third-order valence-electron chi connectivity index (χ3n) is 4.66. The van der Waals surface area contributed by atoms with Crippen molar-refractivity contribution in [2.24, 2.45) is 0 Å². The lowest BCUT2D eigenvalue weighted by Gasteiger charge is -2.13. The van der Waals surface area contributed by atoms with Crippen LogP contribution in [-0.2, 0) is 13.1 Å². The van der Waals surface area contributed by atoms with Crippen LogP contribution in [0.25, 0.3) is 5.69 Å². The number of nitrogens with zero attached hydrogens (tertiary/aromatic N) is 4. The van der Waals surface area contributed by atoms with Gasteiger partial charge in [-0.3, -0.25) is 9.47 Å². The number of hydrogen-bond donors (Lipinski definition) is 0. The van der Waals surface area contributed by atoms with Crippen LogP contribution in [0.4, 0.5) is 0 Å². The monoisotopic (exact) mass is 350 g/mol. The van der Waals surface area contributed by atoms with E-state index in [-0.39, 0.29) is 0 Å². The molecule has 1 saturated heterocycles. The lowest BCUT2D eigenvalue weighted by atomic mass is 10.1. The quantitative estimate of drug-likeness (QED) is 0.649. The molecule has 0 N–H and O–H groups in total. The summed E-state index contributed by atoms with van der Waals surface area (Å²) in [5, 5.41) is 4.88. The fourth-order valence-corrected chi connectivity index (χ4v) is 3.70. The highest BCUT2D eigenvalue weighted by Gasteiger charge is 2.17. The Kier molecular flexibility index (Phi) is 4.76. The summed E-state index contributed by atoms with van der Waals surface area (Å²) >= 11 is 5.78. The Labute approximate surface area is 153 Å². The highest BCUT2D eigenvalue weighted by atomic mass is 32.1. The summed E-state index contributed by atoms with van der Waals surface area (Å²) in [7, 11) is 0. The molecule has 0 saturated carbocycles. The Morgan fingerprint density at radius 2 is 1.52 bits per heavy atom. The van der Waals surface area contributed by atoms with Crippen LogP contribution >= 0.6 is 12.2 Å². The molecule has 1 aliphatic heterocycles. The Hall–Kier alpha value is -2.24. The third kappa shape index (κ3) is 3.57. The van der Waals surface area contributed by atoms with E-state index >= 15 is 0 Å². The van der Waals surface area contributed by atoms with Crippen LogP contribution in [0.3, 0.4) is 0 Å². The summed E-state index contributed by atoms with van der Waals surface area (Å²) in [6.07, 6.45) is 3.31. The van der Waals surface area contributed by atoms with E-state index in [1.54, 1.807) is 0 Å². The minimum Gasteiger partial charge on any atom is -0.284 e. The second-order valence-corrected chi connectivity index (χ2v) is 6.86. The second-order valence-electron chi connectivity index (χ2n) is 6.50. The van der Waals surface area contributed by atoms with Gasteiger partial charge < -0.3 is 0 Å². The zero-order chi connectivity index (χ0) is 17.1. The topological polar surface area (TPSA) is 26.0 Å². The Morgan fingerprint density at radius 1 is 0.880 bits per heavy atom. The summed E-state index contributed by atoms with van der Waals surface area (Å²) in [6, 6.07) is 20.7. The number of rotatable bonds is 5. The van der Waals surface area contributed by atoms with E-state index in [2.05, 4.69) is 45.9 Å². The van der Waals surface area contributed by atoms with Crippen LogP contribution in [0.15, 0.2) is 60.7 Å². The first-order valence-corrected chi connectivity index (χ1v) is 9.22. The SMILES string of the molecule is S=c1n(CN2CCCC2)nc(Cc2ccccc2)n1-c1ccccc1. The molecule has 0 aliphatic carbocycles. The number of para-hydroxylation sites is 1. The molecule has 25 heavy (non-hydrogen) atoms. The molecule has 1 aromatic heterocycles. The fraction of sp³-hybridized carbons (Fsp3) is 0.300. The molecule has 1 aliphatic rings. The molecule has 0 spiro atoms. The normalized spacial score (nSPS) is 14.9. The van der Waals surface area contributed by atoms with Gasteiger partial charge in [0.2, 0.25) is 4.77 Å². The fourth-order valence-electron chi connectivity index (χ4n) is 3.39. The summed E-state index contributed by atoms with van der Waals surface area (Å²) in [5.74, 6) is 0.988. The van der Waals surface area contributed by atoms with E-state index in [1.807, 2.05) is 28.9 Å². The number of hydrogen-bond acceptors (Lipinski definition) is 3. The molecule has 128 valence electrons. The molecule has 5 heteroatoms. The largest absolute Gasteiger partial charge is 0.284 e. The van der Waals surface area contributed by atoms with Crippen molar-refractivity contribution in [3.63, 3.8) is 0 Å². The van der Waals surface area contributed by atoms with Crippen molar-refractivity contribution in [1.29, 1.82) is 0 Å². The van der Waals surface area contributed by atoms with Gasteiger partial charge in [0, 0.05) is 12.1 Å². The molecule has 0 unspecified atom stereocenters. The van der Waals surface area contributed by atoms with E-state index in [0.29, 0.717) is 0 Å². The Balaban J connectivity index is 1.73. The molecule has 2 aromatic carbocycles. The van der Waals surface area contributed by atoms with Crippen molar-refractivity contribution in [3.8, 4) is 5.69 Å². The maximum atomic E-state index is 5.78. The maximum absolute atomic E-state index is 5.78. The highest BCUT2D eigenvalue weighted by molar-refractivity contribution is 7.71. The van der Waals surface area contributed by atoms with E-state index in [9.17, 15) is 0 Å².